The molecule has 1 amide bonds. The van der Waals surface area contributed by atoms with E-state index in [1.165, 1.54) is 29.0 Å². The summed E-state index contributed by atoms with van der Waals surface area (Å²) < 4.78 is 0.962. The fourth-order valence-electron chi connectivity index (χ4n) is 3.12. The van der Waals surface area contributed by atoms with Crippen molar-refractivity contribution in [3.8, 4) is 0 Å². The van der Waals surface area contributed by atoms with E-state index in [1.807, 2.05) is 18.2 Å². The van der Waals surface area contributed by atoms with Crippen molar-refractivity contribution in [1.82, 2.24) is 5.06 Å². The minimum Gasteiger partial charge on any atom is -0.366 e. The van der Waals surface area contributed by atoms with Gasteiger partial charge in [0.05, 0.1) is 12.8 Å². The lowest BCUT2D eigenvalue weighted by molar-refractivity contribution is -0.0757. The van der Waals surface area contributed by atoms with Gasteiger partial charge in [-0.05, 0) is 52.0 Å². The van der Waals surface area contributed by atoms with Gasteiger partial charge in [-0.25, -0.2) is 5.06 Å². The molecule has 1 aliphatic heterocycles. The first-order chi connectivity index (χ1) is 11.6. The van der Waals surface area contributed by atoms with Crippen LogP contribution in [0.1, 0.15) is 27.9 Å². The van der Waals surface area contributed by atoms with Crippen molar-refractivity contribution in [3.63, 3.8) is 0 Å². The summed E-state index contributed by atoms with van der Waals surface area (Å²) in [6, 6.07) is 14.3. The molecule has 0 saturated carbocycles. The molecule has 0 fully saturated rings. The Labute approximate surface area is 151 Å². The van der Waals surface area contributed by atoms with Crippen molar-refractivity contribution in [3.05, 3.63) is 63.6 Å². The van der Waals surface area contributed by atoms with E-state index in [9.17, 15) is 4.79 Å². The topological polar surface area (TPSA) is 32.8 Å². The number of fused-ring (bicyclic) bond motifs is 1. The van der Waals surface area contributed by atoms with Gasteiger partial charge < -0.3 is 4.90 Å². The van der Waals surface area contributed by atoms with Crippen LogP contribution >= 0.6 is 15.9 Å². The normalized spacial score (nSPS) is 13.5. The fourth-order valence-corrected chi connectivity index (χ4v) is 3.88. The molecule has 3 rings (SSSR count). The third kappa shape index (κ3) is 3.47. The van der Waals surface area contributed by atoms with Crippen molar-refractivity contribution < 1.29 is 9.63 Å². The second-order valence-electron chi connectivity index (χ2n) is 5.96. The van der Waals surface area contributed by atoms with Crippen LogP contribution in [0.5, 0.6) is 0 Å². The van der Waals surface area contributed by atoms with Crippen LogP contribution in [0.25, 0.3) is 0 Å². The zero-order valence-corrected chi connectivity index (χ0v) is 15.5. The van der Waals surface area contributed by atoms with Gasteiger partial charge in [0.15, 0.2) is 0 Å². The number of carbonyl (C=O) groups excluding carboxylic acids is 1. The Morgan fingerprint density at radius 3 is 2.75 bits per heavy atom. The van der Waals surface area contributed by atoms with E-state index in [4.69, 9.17) is 4.84 Å². The largest absolute Gasteiger partial charge is 0.366 e. The summed E-state index contributed by atoms with van der Waals surface area (Å²) in [4.78, 5) is 19.7. The van der Waals surface area contributed by atoms with Crippen molar-refractivity contribution in [2.24, 2.45) is 0 Å². The number of halogens is 1. The van der Waals surface area contributed by atoms with Crippen molar-refractivity contribution in [2.75, 3.05) is 25.6 Å². The number of aryl methyl sites for hydroxylation is 1. The monoisotopic (exact) mass is 388 g/mol. The summed E-state index contributed by atoms with van der Waals surface area (Å²) in [5.74, 6) is -0.138. The Kier molecular flexibility index (Phi) is 5.21. The van der Waals surface area contributed by atoms with Gasteiger partial charge in [-0.2, -0.15) is 0 Å². The molecule has 1 aliphatic rings. The van der Waals surface area contributed by atoms with E-state index in [0.717, 1.165) is 30.4 Å². The number of hydrogen-bond acceptors (Lipinski definition) is 3. The molecule has 2 aromatic carbocycles. The van der Waals surface area contributed by atoms with Crippen LogP contribution in [-0.2, 0) is 17.8 Å². The number of carbonyl (C=O) groups is 1. The van der Waals surface area contributed by atoms with Crippen LogP contribution < -0.4 is 4.90 Å². The van der Waals surface area contributed by atoms with Gasteiger partial charge in [-0.15, -0.1) is 0 Å². The van der Waals surface area contributed by atoms with Gasteiger partial charge in [0.25, 0.3) is 5.91 Å². The lowest BCUT2D eigenvalue weighted by Crippen LogP contribution is -2.30. The third-order valence-electron chi connectivity index (χ3n) is 4.36. The van der Waals surface area contributed by atoms with Crippen LogP contribution in [0.4, 0.5) is 5.69 Å². The third-order valence-corrected chi connectivity index (χ3v) is 4.96. The van der Waals surface area contributed by atoms with E-state index in [-0.39, 0.29) is 5.91 Å². The lowest BCUT2D eigenvalue weighted by atomic mass is 9.98. The minimum atomic E-state index is -0.138. The van der Waals surface area contributed by atoms with Crippen LogP contribution in [0.15, 0.2) is 46.9 Å². The predicted octanol–water partition coefficient (Wildman–Crippen LogP) is 4.04. The second-order valence-corrected chi connectivity index (χ2v) is 6.82. The molecular formula is C19H21BrN2O2. The summed E-state index contributed by atoms with van der Waals surface area (Å²) in [6.07, 6.45) is 2.07. The zero-order chi connectivity index (χ0) is 17.1. The van der Waals surface area contributed by atoms with E-state index in [2.05, 4.69) is 45.1 Å². The first-order valence-electron chi connectivity index (χ1n) is 8.03. The Morgan fingerprint density at radius 2 is 2.04 bits per heavy atom. The number of hydroxylamine groups is 2. The smallest absolute Gasteiger partial charge is 0.277 e. The first kappa shape index (κ1) is 17.0. The van der Waals surface area contributed by atoms with E-state index < -0.39 is 0 Å². The molecule has 1 heterocycles. The molecule has 0 atom stereocenters. The molecule has 0 bridgehead atoms. The maximum atomic E-state index is 12.4. The van der Waals surface area contributed by atoms with Gasteiger partial charge in [0.1, 0.15) is 0 Å². The molecule has 0 aliphatic carbocycles. The molecule has 126 valence electrons. The van der Waals surface area contributed by atoms with Gasteiger partial charge in [0.2, 0.25) is 0 Å². The molecule has 0 spiro atoms. The number of amides is 1. The van der Waals surface area contributed by atoms with Crippen LogP contribution in [0.2, 0.25) is 0 Å². The van der Waals surface area contributed by atoms with Crippen LogP contribution in [0.3, 0.4) is 0 Å². The summed E-state index contributed by atoms with van der Waals surface area (Å²) in [5.41, 5.74) is 4.34. The molecule has 0 unspecified atom stereocenters. The molecule has 24 heavy (non-hydrogen) atoms. The van der Waals surface area contributed by atoms with Crippen molar-refractivity contribution in [1.29, 1.82) is 0 Å². The zero-order valence-electron chi connectivity index (χ0n) is 14.0. The number of rotatable bonds is 4. The number of hydrogen-bond donors (Lipinski definition) is 0. The van der Waals surface area contributed by atoms with Gasteiger partial charge in [0, 0.05) is 30.2 Å². The maximum Gasteiger partial charge on any atom is 0.277 e. The Bertz CT molecular complexity index is 734. The molecule has 4 nitrogen and oxygen atoms in total. The SMILES string of the molecule is CON(C)C(=O)c1cc(Br)c2c(c1)CCCN2Cc1ccccc1. The highest BCUT2D eigenvalue weighted by Crippen LogP contribution is 2.36. The van der Waals surface area contributed by atoms with E-state index in [1.54, 1.807) is 7.05 Å². The highest BCUT2D eigenvalue weighted by Gasteiger charge is 2.23. The molecule has 0 aromatic heterocycles. The first-order valence-corrected chi connectivity index (χ1v) is 8.83. The highest BCUT2D eigenvalue weighted by molar-refractivity contribution is 9.10. The van der Waals surface area contributed by atoms with Crippen LogP contribution in [0, 0.1) is 0 Å². The standard InChI is InChI=1S/C19H21BrN2O2/c1-21(24-2)19(23)16-11-15-9-6-10-22(18(15)17(20)12-16)13-14-7-4-3-5-8-14/h3-5,7-8,11-12H,6,9-10,13H2,1-2H3. The summed E-state index contributed by atoms with van der Waals surface area (Å²) in [6.45, 7) is 1.89. The van der Waals surface area contributed by atoms with Crippen LogP contribution in [-0.4, -0.2) is 31.7 Å². The van der Waals surface area contributed by atoms with Gasteiger partial charge >= 0.3 is 0 Å². The molecule has 0 saturated heterocycles. The number of anilines is 1. The minimum absolute atomic E-state index is 0.138. The molecule has 0 radical (unpaired) electrons. The predicted molar refractivity (Wildman–Crippen MR) is 99.1 cm³/mol. The molecule has 0 N–H and O–H groups in total. The maximum absolute atomic E-state index is 12.4. The van der Waals surface area contributed by atoms with Gasteiger partial charge in [-0.1, -0.05) is 30.3 Å². The highest BCUT2D eigenvalue weighted by atomic mass is 79.9. The summed E-state index contributed by atoms with van der Waals surface area (Å²) >= 11 is 3.67. The summed E-state index contributed by atoms with van der Waals surface area (Å²) in [7, 11) is 3.12. The van der Waals surface area contributed by atoms with E-state index >= 15 is 0 Å². The van der Waals surface area contributed by atoms with Crippen molar-refractivity contribution >= 4 is 27.5 Å². The summed E-state index contributed by atoms with van der Waals surface area (Å²) in [5, 5.41) is 1.25. The molecule has 2 aromatic rings. The van der Waals surface area contributed by atoms with Gasteiger partial charge in [-0.3, -0.25) is 9.63 Å². The number of benzene rings is 2. The Morgan fingerprint density at radius 1 is 1.29 bits per heavy atom. The second kappa shape index (κ2) is 7.36. The fraction of sp³-hybridized carbons (Fsp3) is 0.316. The average Bonchev–Trinajstić information content (AvgIpc) is 2.61. The van der Waals surface area contributed by atoms with Crippen molar-refractivity contribution in [2.45, 2.75) is 19.4 Å². The molecular weight excluding hydrogens is 368 g/mol. The van der Waals surface area contributed by atoms with E-state index in [0.29, 0.717) is 5.56 Å². The Hall–Kier alpha value is -1.85. The quantitative estimate of drug-likeness (QED) is 0.741. The average molecular weight is 389 g/mol. The molecule has 5 heteroatoms. The number of nitrogens with zero attached hydrogens (tertiary/aromatic N) is 2. The lowest BCUT2D eigenvalue weighted by Gasteiger charge is -2.33. The Balaban J connectivity index is 1.92.